The van der Waals surface area contributed by atoms with Crippen LogP contribution in [0.1, 0.15) is 11.1 Å². The first kappa shape index (κ1) is 19.0. The van der Waals surface area contributed by atoms with Crippen LogP contribution in [0.2, 0.25) is 0 Å². The number of aromatic nitrogens is 4. The number of fused-ring (bicyclic) bond motifs is 1. The molecular weight excluding hydrogens is 372 g/mol. The summed E-state index contributed by atoms with van der Waals surface area (Å²) in [5.41, 5.74) is 3.48. The molecule has 1 fully saturated rings. The van der Waals surface area contributed by atoms with Crippen LogP contribution >= 0.6 is 0 Å². The van der Waals surface area contributed by atoms with Crippen LogP contribution < -0.4 is 15.5 Å². The Morgan fingerprint density at radius 2 is 1.83 bits per heavy atom. The summed E-state index contributed by atoms with van der Waals surface area (Å²) in [6, 6.07) is 8.21. The lowest BCUT2D eigenvalue weighted by Crippen LogP contribution is -2.47. The van der Waals surface area contributed by atoms with Crippen LogP contribution in [0, 0.1) is 13.8 Å². The number of nitrogens with zero attached hydrogens (tertiary/aromatic N) is 6. The number of hydrogen-bond donors (Lipinski definition) is 0. The zero-order valence-corrected chi connectivity index (χ0v) is 16.8. The summed E-state index contributed by atoms with van der Waals surface area (Å²) in [4.78, 5) is 32.9. The lowest BCUT2D eigenvalue weighted by molar-refractivity contribution is -0.141. The van der Waals surface area contributed by atoms with E-state index in [0.717, 1.165) is 36.7 Å². The molecular formula is C20H24N6O3. The number of esters is 1. The van der Waals surface area contributed by atoms with Crippen molar-refractivity contribution in [2.45, 2.75) is 20.4 Å². The van der Waals surface area contributed by atoms with E-state index in [1.807, 2.05) is 6.07 Å². The van der Waals surface area contributed by atoms with Crippen molar-refractivity contribution in [3.05, 3.63) is 52.1 Å². The number of anilines is 2. The maximum atomic E-state index is 12.3. The van der Waals surface area contributed by atoms with Crippen LogP contribution in [0.25, 0.3) is 5.78 Å². The van der Waals surface area contributed by atoms with Gasteiger partial charge >= 0.3 is 11.7 Å². The van der Waals surface area contributed by atoms with Gasteiger partial charge in [0.2, 0.25) is 0 Å². The van der Waals surface area contributed by atoms with Gasteiger partial charge in [-0.1, -0.05) is 12.1 Å². The Balaban J connectivity index is 1.52. The monoisotopic (exact) mass is 396 g/mol. The van der Waals surface area contributed by atoms with Gasteiger partial charge in [-0.2, -0.15) is 9.67 Å². The molecule has 9 nitrogen and oxygen atoms in total. The number of aryl methyl sites for hydroxylation is 1. The molecule has 4 rings (SSSR count). The van der Waals surface area contributed by atoms with Crippen LogP contribution in [-0.2, 0) is 16.1 Å². The Hall–Kier alpha value is -3.36. The molecule has 1 aliphatic heterocycles. The molecule has 0 unspecified atom stereocenters. The van der Waals surface area contributed by atoms with E-state index in [1.54, 1.807) is 6.20 Å². The normalized spacial score (nSPS) is 14.4. The van der Waals surface area contributed by atoms with E-state index in [2.05, 4.69) is 56.7 Å². The Morgan fingerprint density at radius 1 is 1.10 bits per heavy atom. The first-order valence-corrected chi connectivity index (χ1v) is 9.57. The van der Waals surface area contributed by atoms with E-state index in [1.165, 1.54) is 28.3 Å². The number of rotatable bonds is 4. The highest BCUT2D eigenvalue weighted by Gasteiger charge is 2.21. The number of hydrogen-bond acceptors (Lipinski definition) is 7. The van der Waals surface area contributed by atoms with Crippen LogP contribution in [-0.4, -0.2) is 58.4 Å². The van der Waals surface area contributed by atoms with Gasteiger partial charge in [-0.3, -0.25) is 4.79 Å². The molecule has 0 saturated carbocycles. The van der Waals surface area contributed by atoms with Gasteiger partial charge in [0.25, 0.3) is 5.78 Å². The summed E-state index contributed by atoms with van der Waals surface area (Å²) in [5.74, 6) is 0.514. The zero-order chi connectivity index (χ0) is 20.5. The maximum absolute atomic E-state index is 12.3. The number of benzene rings is 1. The number of piperazine rings is 1. The molecule has 0 spiro atoms. The van der Waals surface area contributed by atoms with Crippen molar-refractivity contribution in [2.75, 3.05) is 43.1 Å². The zero-order valence-electron chi connectivity index (χ0n) is 16.8. The van der Waals surface area contributed by atoms with Gasteiger partial charge in [0.15, 0.2) is 0 Å². The van der Waals surface area contributed by atoms with Crippen LogP contribution in [0.3, 0.4) is 0 Å². The minimum atomic E-state index is -0.529. The average molecular weight is 396 g/mol. The fourth-order valence-corrected chi connectivity index (χ4v) is 3.62. The Bertz CT molecular complexity index is 1110. The third-order valence-electron chi connectivity index (χ3n) is 5.47. The number of methoxy groups -OCH3 is 1. The topological polar surface area (TPSA) is 85.0 Å². The molecule has 152 valence electrons. The van der Waals surface area contributed by atoms with Gasteiger partial charge in [0.1, 0.15) is 12.4 Å². The van der Waals surface area contributed by atoms with E-state index in [4.69, 9.17) is 0 Å². The Morgan fingerprint density at radius 3 is 2.55 bits per heavy atom. The molecule has 0 atom stereocenters. The molecule has 1 saturated heterocycles. The van der Waals surface area contributed by atoms with Crippen LogP contribution in [0.15, 0.2) is 35.3 Å². The molecule has 3 heterocycles. The van der Waals surface area contributed by atoms with Gasteiger partial charge in [-0.25, -0.2) is 9.20 Å². The lowest BCUT2D eigenvalue weighted by Gasteiger charge is -2.37. The van der Waals surface area contributed by atoms with E-state index in [-0.39, 0.29) is 12.3 Å². The molecule has 0 radical (unpaired) electrons. The van der Waals surface area contributed by atoms with Gasteiger partial charge in [-0.15, -0.1) is 5.10 Å². The fourth-order valence-electron chi connectivity index (χ4n) is 3.62. The third kappa shape index (κ3) is 3.55. The van der Waals surface area contributed by atoms with Crippen molar-refractivity contribution in [2.24, 2.45) is 0 Å². The molecule has 0 aliphatic carbocycles. The van der Waals surface area contributed by atoms with E-state index in [9.17, 15) is 9.59 Å². The highest BCUT2D eigenvalue weighted by molar-refractivity contribution is 5.68. The quantitative estimate of drug-likeness (QED) is 0.609. The standard InChI is InChI=1S/C20H24N6O3/c1-14-5-4-6-16(15(14)2)23-9-11-24(12-10-23)17-7-8-25-19(21-17)22-26(20(25)28)13-18(27)29-3/h4-8H,9-13H2,1-3H3. The second-order valence-electron chi connectivity index (χ2n) is 7.17. The Kier molecular flexibility index (Phi) is 4.96. The van der Waals surface area contributed by atoms with Gasteiger partial charge < -0.3 is 14.5 Å². The van der Waals surface area contributed by atoms with Crippen molar-refractivity contribution < 1.29 is 9.53 Å². The van der Waals surface area contributed by atoms with Crippen molar-refractivity contribution in [1.82, 2.24) is 19.2 Å². The predicted molar refractivity (Wildman–Crippen MR) is 110 cm³/mol. The van der Waals surface area contributed by atoms with E-state index in [0.29, 0.717) is 0 Å². The van der Waals surface area contributed by atoms with E-state index < -0.39 is 11.7 Å². The first-order valence-electron chi connectivity index (χ1n) is 9.57. The average Bonchev–Trinajstić information content (AvgIpc) is 3.04. The minimum absolute atomic E-state index is 0.234. The third-order valence-corrected chi connectivity index (χ3v) is 5.47. The summed E-state index contributed by atoms with van der Waals surface area (Å²) >= 11 is 0. The number of carbonyl (C=O) groups excluding carboxylic acids is 1. The van der Waals surface area contributed by atoms with Gasteiger partial charge in [0.05, 0.1) is 7.11 Å². The minimum Gasteiger partial charge on any atom is -0.468 e. The number of ether oxygens (including phenoxy) is 1. The van der Waals surface area contributed by atoms with Gasteiger partial charge in [-0.05, 0) is 37.1 Å². The highest BCUT2D eigenvalue weighted by Crippen LogP contribution is 2.25. The maximum Gasteiger partial charge on any atom is 0.352 e. The summed E-state index contributed by atoms with van der Waals surface area (Å²) in [6.45, 7) is 7.49. The van der Waals surface area contributed by atoms with Crippen molar-refractivity contribution in [3.63, 3.8) is 0 Å². The second-order valence-corrected chi connectivity index (χ2v) is 7.17. The van der Waals surface area contributed by atoms with Crippen molar-refractivity contribution in [3.8, 4) is 0 Å². The lowest BCUT2D eigenvalue weighted by atomic mass is 10.1. The molecule has 0 amide bonds. The van der Waals surface area contributed by atoms with Gasteiger partial charge in [0, 0.05) is 38.1 Å². The van der Waals surface area contributed by atoms with Crippen LogP contribution in [0.5, 0.6) is 0 Å². The summed E-state index contributed by atoms with van der Waals surface area (Å²) in [5, 5.41) is 4.16. The second kappa shape index (κ2) is 7.57. The van der Waals surface area contributed by atoms with Crippen LogP contribution in [0.4, 0.5) is 11.5 Å². The first-order chi connectivity index (χ1) is 14.0. The van der Waals surface area contributed by atoms with Crippen molar-refractivity contribution in [1.29, 1.82) is 0 Å². The SMILES string of the molecule is COC(=O)Cn1nc2nc(N3CCN(c4cccc(C)c4C)CC3)ccn2c1=O. The largest absolute Gasteiger partial charge is 0.468 e. The summed E-state index contributed by atoms with van der Waals surface area (Å²) in [6.07, 6.45) is 1.65. The molecule has 1 aromatic carbocycles. The number of carbonyl (C=O) groups is 1. The molecule has 0 bridgehead atoms. The predicted octanol–water partition coefficient (Wildman–Crippen LogP) is 1.01. The summed E-state index contributed by atoms with van der Waals surface area (Å²) in [7, 11) is 1.28. The summed E-state index contributed by atoms with van der Waals surface area (Å²) < 4.78 is 7.00. The molecule has 2 aromatic heterocycles. The molecule has 29 heavy (non-hydrogen) atoms. The highest BCUT2D eigenvalue weighted by atomic mass is 16.5. The fraction of sp³-hybridized carbons (Fsp3) is 0.400. The van der Waals surface area contributed by atoms with E-state index >= 15 is 0 Å². The molecule has 0 N–H and O–H groups in total. The smallest absolute Gasteiger partial charge is 0.352 e. The molecule has 1 aliphatic rings. The van der Waals surface area contributed by atoms with Crippen molar-refractivity contribution >= 4 is 23.3 Å². The molecule has 9 heteroatoms. The Labute approximate surface area is 168 Å². The molecule has 3 aromatic rings.